The quantitative estimate of drug-likeness (QED) is 0.497. The van der Waals surface area contributed by atoms with E-state index in [2.05, 4.69) is 20.4 Å². The average molecular weight is 340 g/mol. The van der Waals surface area contributed by atoms with E-state index in [4.69, 9.17) is 11.6 Å². The molecule has 1 N–H and O–H groups in total. The minimum atomic E-state index is -0.168. The van der Waals surface area contributed by atoms with E-state index < -0.39 is 0 Å². The number of nitrogens with one attached hydrogen (secondary N) is 1. The fourth-order valence-corrected chi connectivity index (χ4v) is 2.42. The molecule has 0 atom stereocenters. The molecule has 0 aromatic carbocycles. The van der Waals surface area contributed by atoms with Gasteiger partial charge in [0, 0.05) is 25.5 Å². The Morgan fingerprint density at radius 2 is 2.05 bits per heavy atom. The van der Waals surface area contributed by atoms with Crippen LogP contribution in [0.3, 0.4) is 0 Å². The Morgan fingerprint density at radius 1 is 1.36 bits per heavy atom. The molecule has 0 saturated carbocycles. The molecule has 2 aromatic rings. The van der Waals surface area contributed by atoms with Gasteiger partial charge >= 0.3 is 0 Å². The number of hydrogen-bond acceptors (Lipinski definition) is 5. The van der Waals surface area contributed by atoms with E-state index in [9.17, 15) is 4.79 Å². The van der Waals surface area contributed by atoms with Gasteiger partial charge in [0.05, 0.1) is 22.0 Å². The number of rotatable bonds is 6. The summed E-state index contributed by atoms with van der Waals surface area (Å²) in [6, 6.07) is 0. The van der Waals surface area contributed by atoms with Gasteiger partial charge < -0.3 is 5.32 Å². The van der Waals surface area contributed by atoms with Gasteiger partial charge in [-0.1, -0.05) is 23.4 Å². The van der Waals surface area contributed by atoms with Crippen LogP contribution in [0.25, 0.3) is 0 Å². The molecule has 0 aliphatic heterocycles. The number of aromatic nitrogens is 4. The van der Waals surface area contributed by atoms with Crippen LogP contribution in [0.15, 0.2) is 17.6 Å². The summed E-state index contributed by atoms with van der Waals surface area (Å²) < 4.78 is 1.86. The Kier molecular flexibility index (Phi) is 5.79. The summed E-state index contributed by atoms with van der Waals surface area (Å²) in [5.41, 5.74) is 2.24. The first kappa shape index (κ1) is 16.8. The second kappa shape index (κ2) is 7.60. The standard InChI is InChI=1S/C14H18ClN5OS/c1-9-12(15)10(2)20(19-9)6-4-5-16-13(21)11-7-17-14(22-3)18-8-11/h7-8H,4-6H2,1-3H3,(H,16,21). The number of carbonyl (C=O) groups is 1. The third-order valence-electron chi connectivity index (χ3n) is 3.20. The van der Waals surface area contributed by atoms with Crippen molar-refractivity contribution >= 4 is 29.3 Å². The summed E-state index contributed by atoms with van der Waals surface area (Å²) in [6.07, 6.45) is 5.73. The molecular weight excluding hydrogens is 322 g/mol. The van der Waals surface area contributed by atoms with Gasteiger partial charge in [0.15, 0.2) is 5.16 Å². The third-order valence-corrected chi connectivity index (χ3v) is 4.32. The summed E-state index contributed by atoms with van der Waals surface area (Å²) in [7, 11) is 0. The van der Waals surface area contributed by atoms with E-state index in [0.29, 0.717) is 28.8 Å². The van der Waals surface area contributed by atoms with E-state index in [1.54, 1.807) is 0 Å². The molecule has 2 aromatic heterocycles. The van der Waals surface area contributed by atoms with Crippen molar-refractivity contribution in [3.8, 4) is 0 Å². The number of aryl methyl sites for hydroxylation is 2. The summed E-state index contributed by atoms with van der Waals surface area (Å²) in [6.45, 7) is 5.08. The van der Waals surface area contributed by atoms with E-state index in [1.807, 2.05) is 24.8 Å². The highest BCUT2D eigenvalue weighted by molar-refractivity contribution is 7.98. The normalized spacial score (nSPS) is 10.7. The smallest absolute Gasteiger partial charge is 0.254 e. The number of carbonyl (C=O) groups excluding carboxylic acids is 1. The lowest BCUT2D eigenvalue weighted by molar-refractivity contribution is 0.0951. The van der Waals surface area contributed by atoms with E-state index in [0.717, 1.165) is 17.8 Å². The Morgan fingerprint density at radius 3 is 2.59 bits per heavy atom. The van der Waals surface area contributed by atoms with Gasteiger partial charge in [-0.2, -0.15) is 5.10 Å². The van der Waals surface area contributed by atoms with Crippen molar-refractivity contribution in [3.05, 3.63) is 34.4 Å². The maximum atomic E-state index is 11.9. The van der Waals surface area contributed by atoms with Crippen molar-refractivity contribution in [1.29, 1.82) is 0 Å². The molecule has 0 saturated heterocycles. The molecule has 0 unspecified atom stereocenters. The van der Waals surface area contributed by atoms with Gasteiger partial charge in [-0.25, -0.2) is 9.97 Å². The predicted octanol–water partition coefficient (Wildman–Crippen LogP) is 2.49. The molecule has 2 heterocycles. The number of hydrogen-bond donors (Lipinski definition) is 1. The molecule has 8 heteroatoms. The molecule has 0 radical (unpaired) electrons. The first-order valence-electron chi connectivity index (χ1n) is 6.86. The summed E-state index contributed by atoms with van der Waals surface area (Å²) in [5.74, 6) is -0.168. The minimum absolute atomic E-state index is 0.168. The molecule has 0 fully saturated rings. The van der Waals surface area contributed by atoms with E-state index in [-0.39, 0.29) is 5.91 Å². The fourth-order valence-electron chi connectivity index (χ4n) is 1.96. The molecular formula is C14H18ClN5OS. The van der Waals surface area contributed by atoms with Crippen LogP contribution in [0.2, 0.25) is 5.02 Å². The van der Waals surface area contributed by atoms with Gasteiger partial charge in [0.2, 0.25) is 0 Å². The molecule has 22 heavy (non-hydrogen) atoms. The van der Waals surface area contributed by atoms with Crippen molar-refractivity contribution in [2.75, 3.05) is 12.8 Å². The molecule has 2 rings (SSSR count). The number of amides is 1. The summed E-state index contributed by atoms with van der Waals surface area (Å²) >= 11 is 7.54. The van der Waals surface area contributed by atoms with Gasteiger partial charge in [0.25, 0.3) is 5.91 Å². The fraction of sp³-hybridized carbons (Fsp3) is 0.429. The average Bonchev–Trinajstić information content (AvgIpc) is 2.78. The van der Waals surface area contributed by atoms with Gasteiger partial charge in [-0.15, -0.1) is 0 Å². The maximum Gasteiger partial charge on any atom is 0.254 e. The second-order valence-electron chi connectivity index (χ2n) is 4.78. The van der Waals surface area contributed by atoms with Crippen molar-refractivity contribution in [3.63, 3.8) is 0 Å². The van der Waals surface area contributed by atoms with Crippen LogP contribution >= 0.6 is 23.4 Å². The van der Waals surface area contributed by atoms with Crippen LogP contribution in [0, 0.1) is 13.8 Å². The topological polar surface area (TPSA) is 72.7 Å². The van der Waals surface area contributed by atoms with Crippen LogP contribution < -0.4 is 5.32 Å². The van der Waals surface area contributed by atoms with Crippen LogP contribution in [-0.4, -0.2) is 38.5 Å². The van der Waals surface area contributed by atoms with Crippen molar-refractivity contribution < 1.29 is 4.79 Å². The highest BCUT2D eigenvalue weighted by Gasteiger charge is 2.09. The third kappa shape index (κ3) is 3.98. The highest BCUT2D eigenvalue weighted by Crippen LogP contribution is 2.18. The largest absolute Gasteiger partial charge is 0.352 e. The molecule has 0 aliphatic rings. The zero-order chi connectivity index (χ0) is 16.1. The number of thioether (sulfide) groups is 1. The zero-order valence-electron chi connectivity index (χ0n) is 12.8. The Labute approximate surface area is 138 Å². The van der Waals surface area contributed by atoms with Crippen molar-refractivity contribution in [1.82, 2.24) is 25.1 Å². The Bertz CT molecular complexity index is 656. The lowest BCUT2D eigenvalue weighted by Crippen LogP contribution is -2.25. The number of halogens is 1. The van der Waals surface area contributed by atoms with Crippen LogP contribution in [0.1, 0.15) is 28.2 Å². The Balaban J connectivity index is 1.80. The second-order valence-corrected chi connectivity index (χ2v) is 5.93. The SMILES string of the molecule is CSc1ncc(C(=O)NCCCn2nc(C)c(Cl)c2C)cn1. The van der Waals surface area contributed by atoms with E-state index >= 15 is 0 Å². The summed E-state index contributed by atoms with van der Waals surface area (Å²) in [5, 5.41) is 8.56. The van der Waals surface area contributed by atoms with Gasteiger partial charge in [0.1, 0.15) is 0 Å². The van der Waals surface area contributed by atoms with Crippen LogP contribution in [0.5, 0.6) is 0 Å². The van der Waals surface area contributed by atoms with Crippen molar-refractivity contribution in [2.24, 2.45) is 0 Å². The summed E-state index contributed by atoms with van der Waals surface area (Å²) in [4.78, 5) is 20.1. The molecule has 6 nitrogen and oxygen atoms in total. The highest BCUT2D eigenvalue weighted by atomic mass is 35.5. The van der Waals surface area contributed by atoms with Crippen LogP contribution in [-0.2, 0) is 6.54 Å². The molecule has 1 amide bonds. The van der Waals surface area contributed by atoms with Gasteiger partial charge in [-0.05, 0) is 26.5 Å². The first-order chi connectivity index (χ1) is 10.5. The molecule has 0 bridgehead atoms. The molecule has 0 spiro atoms. The van der Waals surface area contributed by atoms with Crippen molar-refractivity contribution in [2.45, 2.75) is 32.0 Å². The lowest BCUT2D eigenvalue weighted by atomic mass is 10.3. The number of nitrogens with zero attached hydrogens (tertiary/aromatic N) is 4. The Hall–Kier alpha value is -1.60. The van der Waals surface area contributed by atoms with Gasteiger partial charge in [-0.3, -0.25) is 9.48 Å². The molecule has 118 valence electrons. The van der Waals surface area contributed by atoms with Crippen LogP contribution in [0.4, 0.5) is 0 Å². The predicted molar refractivity (Wildman–Crippen MR) is 87.5 cm³/mol. The monoisotopic (exact) mass is 339 g/mol. The van der Waals surface area contributed by atoms with E-state index in [1.165, 1.54) is 24.2 Å². The minimum Gasteiger partial charge on any atom is -0.352 e. The lowest BCUT2D eigenvalue weighted by Gasteiger charge is -2.06. The first-order valence-corrected chi connectivity index (χ1v) is 8.47. The molecule has 0 aliphatic carbocycles. The maximum absolute atomic E-state index is 11.9. The zero-order valence-corrected chi connectivity index (χ0v) is 14.3.